The maximum absolute atomic E-state index is 14.2. The van der Waals surface area contributed by atoms with Crippen molar-refractivity contribution in [1.82, 2.24) is 19.9 Å². The lowest BCUT2D eigenvalue weighted by Crippen LogP contribution is -2.27. The first-order valence-corrected chi connectivity index (χ1v) is 10.7. The van der Waals surface area contributed by atoms with Crippen LogP contribution in [0.1, 0.15) is 54.0 Å². The average molecular weight is 453 g/mol. The Labute approximate surface area is 192 Å². The number of nitrogens with two attached hydrogens (primary N) is 1. The van der Waals surface area contributed by atoms with Crippen LogP contribution in [0, 0.1) is 12.8 Å². The SMILES string of the molecule is C#C.CC.CNC(=O)c1ccc(-c2cc3c(N[C@@H]4CCC[C@@H]4F)c(C(N)=O)cnn3c2)cn1. The van der Waals surface area contributed by atoms with Gasteiger partial charge in [0.25, 0.3) is 11.8 Å². The van der Waals surface area contributed by atoms with Crippen molar-refractivity contribution in [3.63, 3.8) is 0 Å². The molecule has 0 saturated heterocycles. The van der Waals surface area contributed by atoms with E-state index in [9.17, 15) is 14.0 Å². The van der Waals surface area contributed by atoms with E-state index in [2.05, 4.69) is 33.6 Å². The minimum atomic E-state index is -0.972. The summed E-state index contributed by atoms with van der Waals surface area (Å²) in [4.78, 5) is 27.8. The van der Waals surface area contributed by atoms with E-state index in [-0.39, 0.29) is 17.5 Å². The number of alkyl halides is 1. The maximum Gasteiger partial charge on any atom is 0.269 e. The summed E-state index contributed by atoms with van der Waals surface area (Å²) in [5, 5.41) is 9.96. The predicted octanol–water partition coefficient (Wildman–Crippen LogP) is 3.43. The second-order valence-corrected chi connectivity index (χ2v) is 7.07. The van der Waals surface area contributed by atoms with Crippen LogP contribution in [-0.4, -0.2) is 45.7 Å². The fourth-order valence-electron chi connectivity index (χ4n) is 3.64. The molecule has 1 aliphatic carbocycles. The summed E-state index contributed by atoms with van der Waals surface area (Å²) >= 11 is 0. The van der Waals surface area contributed by atoms with Crippen molar-refractivity contribution in [1.29, 1.82) is 0 Å². The molecule has 4 rings (SSSR count). The van der Waals surface area contributed by atoms with Gasteiger partial charge in [0.2, 0.25) is 0 Å². The molecular formula is C24H29FN6O2. The lowest BCUT2D eigenvalue weighted by atomic mass is 10.1. The third-order valence-corrected chi connectivity index (χ3v) is 5.22. The highest BCUT2D eigenvalue weighted by Gasteiger charge is 2.29. The quantitative estimate of drug-likeness (QED) is 0.513. The van der Waals surface area contributed by atoms with E-state index in [0.29, 0.717) is 29.7 Å². The number of rotatable bonds is 5. The lowest BCUT2D eigenvalue weighted by Gasteiger charge is -2.19. The molecule has 33 heavy (non-hydrogen) atoms. The number of anilines is 1. The van der Waals surface area contributed by atoms with Gasteiger partial charge >= 0.3 is 0 Å². The van der Waals surface area contributed by atoms with E-state index in [0.717, 1.165) is 17.5 Å². The van der Waals surface area contributed by atoms with Crippen LogP contribution in [0.2, 0.25) is 0 Å². The highest BCUT2D eigenvalue weighted by molar-refractivity contribution is 6.02. The average Bonchev–Trinajstić information content (AvgIpc) is 3.47. The molecule has 0 radical (unpaired) electrons. The van der Waals surface area contributed by atoms with Crippen LogP contribution < -0.4 is 16.4 Å². The summed E-state index contributed by atoms with van der Waals surface area (Å²) in [6.07, 6.45) is 13.8. The van der Waals surface area contributed by atoms with Crippen LogP contribution in [0.3, 0.4) is 0 Å². The fourth-order valence-corrected chi connectivity index (χ4v) is 3.64. The first kappa shape index (κ1) is 25.3. The van der Waals surface area contributed by atoms with Gasteiger partial charge in [-0.05, 0) is 31.4 Å². The molecule has 3 aromatic rings. The Balaban J connectivity index is 0.000000914. The first-order chi connectivity index (χ1) is 16.0. The van der Waals surface area contributed by atoms with E-state index in [4.69, 9.17) is 5.73 Å². The maximum atomic E-state index is 14.2. The lowest BCUT2D eigenvalue weighted by molar-refractivity contribution is 0.0956. The van der Waals surface area contributed by atoms with Crippen LogP contribution in [0.5, 0.6) is 0 Å². The summed E-state index contributed by atoms with van der Waals surface area (Å²) in [5.41, 5.74) is 8.71. The summed E-state index contributed by atoms with van der Waals surface area (Å²) in [7, 11) is 1.54. The summed E-state index contributed by atoms with van der Waals surface area (Å²) < 4.78 is 15.8. The molecule has 1 fully saturated rings. The molecule has 0 aromatic carbocycles. The minimum absolute atomic E-state index is 0.217. The molecule has 0 spiro atoms. The fraction of sp³-hybridized carbons (Fsp3) is 0.333. The van der Waals surface area contributed by atoms with E-state index < -0.39 is 12.1 Å². The topological polar surface area (TPSA) is 114 Å². The van der Waals surface area contributed by atoms with Crippen LogP contribution in [0.4, 0.5) is 10.1 Å². The Kier molecular flexibility index (Phi) is 8.92. The third-order valence-electron chi connectivity index (χ3n) is 5.22. The third kappa shape index (κ3) is 5.47. The van der Waals surface area contributed by atoms with E-state index in [1.54, 1.807) is 36.1 Å². The van der Waals surface area contributed by atoms with Gasteiger partial charge in [-0.15, -0.1) is 12.8 Å². The van der Waals surface area contributed by atoms with Crippen LogP contribution in [-0.2, 0) is 0 Å². The van der Waals surface area contributed by atoms with Crippen molar-refractivity contribution in [3.05, 3.63) is 48.0 Å². The monoisotopic (exact) mass is 452 g/mol. The normalized spacial score (nSPS) is 16.7. The van der Waals surface area contributed by atoms with Crippen molar-refractivity contribution in [2.45, 2.75) is 45.3 Å². The van der Waals surface area contributed by atoms with Gasteiger partial charge in [-0.2, -0.15) is 5.10 Å². The number of halogens is 1. The molecule has 2 amide bonds. The molecule has 0 unspecified atom stereocenters. The van der Waals surface area contributed by atoms with Crippen molar-refractivity contribution < 1.29 is 14.0 Å². The largest absolute Gasteiger partial charge is 0.377 e. The van der Waals surface area contributed by atoms with Gasteiger partial charge < -0.3 is 16.4 Å². The number of terminal acetylenes is 1. The Morgan fingerprint density at radius 1 is 1.18 bits per heavy atom. The smallest absolute Gasteiger partial charge is 0.269 e. The molecule has 8 nitrogen and oxygen atoms in total. The Morgan fingerprint density at radius 2 is 1.91 bits per heavy atom. The minimum Gasteiger partial charge on any atom is -0.377 e. The van der Waals surface area contributed by atoms with Gasteiger partial charge in [0.15, 0.2) is 0 Å². The number of carbonyl (C=O) groups excluding carboxylic acids is 2. The number of hydrogen-bond donors (Lipinski definition) is 3. The van der Waals surface area contributed by atoms with Gasteiger partial charge in [0, 0.05) is 30.6 Å². The van der Waals surface area contributed by atoms with Gasteiger partial charge in [-0.25, -0.2) is 8.91 Å². The van der Waals surface area contributed by atoms with Crippen molar-refractivity contribution in [2.75, 3.05) is 12.4 Å². The molecule has 174 valence electrons. The molecule has 9 heteroatoms. The van der Waals surface area contributed by atoms with Crippen molar-refractivity contribution >= 4 is 23.0 Å². The number of fused-ring (bicyclic) bond motifs is 1. The number of aromatic nitrogens is 3. The van der Waals surface area contributed by atoms with E-state index in [1.807, 2.05) is 19.9 Å². The number of amides is 2. The van der Waals surface area contributed by atoms with Gasteiger partial charge in [0.1, 0.15) is 11.9 Å². The van der Waals surface area contributed by atoms with Gasteiger partial charge in [-0.3, -0.25) is 14.6 Å². The molecule has 0 aliphatic heterocycles. The molecule has 3 aromatic heterocycles. The highest BCUT2D eigenvalue weighted by atomic mass is 19.1. The van der Waals surface area contributed by atoms with Crippen LogP contribution in [0.25, 0.3) is 16.6 Å². The first-order valence-electron chi connectivity index (χ1n) is 10.7. The van der Waals surface area contributed by atoms with E-state index >= 15 is 0 Å². The van der Waals surface area contributed by atoms with Gasteiger partial charge in [-0.1, -0.05) is 19.9 Å². The Morgan fingerprint density at radius 3 is 2.45 bits per heavy atom. The number of carbonyl (C=O) groups is 2. The van der Waals surface area contributed by atoms with Crippen molar-refractivity contribution in [2.24, 2.45) is 5.73 Å². The number of pyridine rings is 1. The Bertz CT molecular complexity index is 1120. The second kappa shape index (κ2) is 11.6. The molecule has 0 bridgehead atoms. The predicted molar refractivity (Wildman–Crippen MR) is 128 cm³/mol. The summed E-state index contributed by atoms with van der Waals surface area (Å²) in [5.74, 6) is -0.898. The second-order valence-electron chi connectivity index (χ2n) is 7.07. The number of nitrogens with one attached hydrogen (secondary N) is 2. The number of primary amides is 1. The molecular weight excluding hydrogens is 423 g/mol. The van der Waals surface area contributed by atoms with Crippen molar-refractivity contribution in [3.8, 4) is 24.0 Å². The number of hydrogen-bond acceptors (Lipinski definition) is 5. The highest BCUT2D eigenvalue weighted by Crippen LogP contribution is 2.32. The van der Waals surface area contributed by atoms with Crippen LogP contribution >= 0.6 is 0 Å². The zero-order valence-corrected chi connectivity index (χ0v) is 19.0. The molecule has 1 aliphatic rings. The molecule has 4 N–H and O–H groups in total. The van der Waals surface area contributed by atoms with Gasteiger partial charge in [0.05, 0.1) is 29.0 Å². The number of nitrogens with zero attached hydrogens (tertiary/aromatic N) is 3. The Hall–Kier alpha value is -3.93. The molecule has 3 heterocycles. The molecule has 1 saturated carbocycles. The molecule has 2 atom stereocenters. The summed E-state index contributed by atoms with van der Waals surface area (Å²) in [6, 6.07) is 4.87. The standard InChI is InChI=1S/C20H21FN6O2.C2H6.C2H2/c1-23-20(29)16-6-5-11(8-24-16)12-7-17-18(26-15-4-2-3-14(15)21)13(19(22)28)9-25-27(17)10-12;2*1-2/h5-10,14-15,26H,2-4H2,1H3,(H2,22,28)(H,23,29);1-2H3;1-2H/t14-,15+;;/m0../s1. The zero-order valence-electron chi connectivity index (χ0n) is 19.0. The van der Waals surface area contributed by atoms with E-state index in [1.165, 1.54) is 6.20 Å². The summed E-state index contributed by atoms with van der Waals surface area (Å²) in [6.45, 7) is 4.00. The zero-order chi connectivity index (χ0) is 24.5. The van der Waals surface area contributed by atoms with Crippen LogP contribution in [0.15, 0.2) is 36.8 Å².